The van der Waals surface area contributed by atoms with Crippen LogP contribution < -0.4 is 5.19 Å². The van der Waals surface area contributed by atoms with Gasteiger partial charge in [0.15, 0.2) is 9.04 Å². The van der Waals surface area contributed by atoms with E-state index in [-0.39, 0.29) is 0 Å². The molecule has 0 radical (unpaired) electrons. The van der Waals surface area contributed by atoms with Crippen molar-refractivity contribution in [2.75, 3.05) is 13.2 Å². The normalized spacial score (nSPS) is 29.2. The third-order valence-electron chi connectivity index (χ3n) is 5.14. The van der Waals surface area contributed by atoms with E-state index in [9.17, 15) is 0 Å². The van der Waals surface area contributed by atoms with E-state index < -0.39 is 17.4 Å². The summed E-state index contributed by atoms with van der Waals surface area (Å²) in [6, 6.07) is 12.7. The highest BCUT2D eigenvalue weighted by Crippen LogP contribution is 2.29. The standard InChI is InChI=1S/C18H28O2Si2/c1-16(2)22(14-8-6-12-20-22)18-10-4-3-9-17(18)15-21-13-7-5-11-19-21/h3-4,9-10,21H,1,5-8,11-15H2,2H3. The number of hydrogen-bond donors (Lipinski definition) is 0. The molecule has 3 rings (SSSR count). The van der Waals surface area contributed by atoms with Crippen molar-refractivity contribution >= 4 is 22.5 Å². The minimum atomic E-state index is -1.99. The van der Waals surface area contributed by atoms with Crippen LogP contribution >= 0.6 is 0 Å². The van der Waals surface area contributed by atoms with E-state index in [0.717, 1.165) is 13.2 Å². The van der Waals surface area contributed by atoms with Gasteiger partial charge in [-0.25, -0.2) is 0 Å². The fourth-order valence-corrected chi connectivity index (χ4v) is 10.7. The molecular formula is C18H28O2Si2. The van der Waals surface area contributed by atoms with E-state index in [2.05, 4.69) is 37.8 Å². The quantitative estimate of drug-likeness (QED) is 0.787. The van der Waals surface area contributed by atoms with E-state index in [0.29, 0.717) is 0 Å². The maximum absolute atomic E-state index is 6.46. The molecule has 2 atom stereocenters. The molecule has 0 aromatic heterocycles. The molecule has 2 unspecified atom stereocenters. The van der Waals surface area contributed by atoms with Gasteiger partial charge in [-0.2, -0.15) is 0 Å². The first-order valence-electron chi connectivity index (χ1n) is 8.72. The highest BCUT2D eigenvalue weighted by molar-refractivity contribution is 6.93. The van der Waals surface area contributed by atoms with Crippen molar-refractivity contribution in [3.8, 4) is 0 Å². The lowest BCUT2D eigenvalue weighted by Crippen LogP contribution is -2.55. The SMILES string of the molecule is C=C(C)[Si]1(c2ccccc2C[SiH]2CCCCO2)CCCCO1. The van der Waals surface area contributed by atoms with Gasteiger partial charge in [0, 0.05) is 13.2 Å². The van der Waals surface area contributed by atoms with E-state index in [1.54, 1.807) is 0 Å². The second-order valence-electron chi connectivity index (χ2n) is 6.76. The zero-order valence-electron chi connectivity index (χ0n) is 13.8. The number of allylic oxidation sites excluding steroid dienone is 1. The molecule has 0 aliphatic carbocycles. The topological polar surface area (TPSA) is 18.5 Å². The Morgan fingerprint density at radius 1 is 1.18 bits per heavy atom. The Balaban J connectivity index is 1.90. The first kappa shape index (κ1) is 16.2. The van der Waals surface area contributed by atoms with Gasteiger partial charge in [0.2, 0.25) is 0 Å². The van der Waals surface area contributed by atoms with Gasteiger partial charge in [-0.15, -0.1) is 6.58 Å². The number of hydrogen-bond acceptors (Lipinski definition) is 2. The fraction of sp³-hybridized carbons (Fsp3) is 0.556. The van der Waals surface area contributed by atoms with Crippen molar-refractivity contribution < 1.29 is 8.85 Å². The first-order chi connectivity index (χ1) is 10.7. The van der Waals surface area contributed by atoms with Crippen LogP contribution in [0, 0.1) is 0 Å². The molecule has 0 bridgehead atoms. The van der Waals surface area contributed by atoms with Crippen molar-refractivity contribution in [1.82, 2.24) is 0 Å². The molecular weight excluding hydrogens is 304 g/mol. The Kier molecular flexibility index (Phi) is 5.34. The summed E-state index contributed by atoms with van der Waals surface area (Å²) in [6.45, 7) is 8.41. The van der Waals surface area contributed by atoms with E-state index in [1.807, 2.05) is 0 Å². The highest BCUT2D eigenvalue weighted by atomic mass is 28.4. The lowest BCUT2D eigenvalue weighted by molar-refractivity contribution is 0.280. The summed E-state index contributed by atoms with van der Waals surface area (Å²) in [5.41, 5.74) is 1.50. The average Bonchev–Trinajstić information content (AvgIpc) is 2.57. The van der Waals surface area contributed by atoms with Crippen molar-refractivity contribution in [2.45, 2.75) is 50.7 Å². The molecule has 2 nitrogen and oxygen atoms in total. The first-order valence-corrected chi connectivity index (χ1v) is 12.9. The summed E-state index contributed by atoms with van der Waals surface area (Å²) in [5.74, 6) is 0. The van der Waals surface area contributed by atoms with Gasteiger partial charge in [-0.05, 0) is 48.6 Å². The summed E-state index contributed by atoms with van der Waals surface area (Å²) in [5, 5.41) is 2.77. The molecule has 0 N–H and O–H groups in total. The molecule has 0 saturated carbocycles. The lowest BCUT2D eigenvalue weighted by atomic mass is 10.2. The summed E-state index contributed by atoms with van der Waals surface area (Å²) in [6.07, 6.45) is 5.09. The van der Waals surface area contributed by atoms with Crippen molar-refractivity contribution in [3.05, 3.63) is 41.6 Å². The van der Waals surface area contributed by atoms with E-state index in [1.165, 1.54) is 59.8 Å². The second kappa shape index (κ2) is 7.26. The number of rotatable bonds is 4. The van der Waals surface area contributed by atoms with Gasteiger partial charge >= 0.3 is 0 Å². The molecule has 0 spiro atoms. The van der Waals surface area contributed by atoms with Crippen molar-refractivity contribution in [3.63, 3.8) is 0 Å². The zero-order valence-corrected chi connectivity index (χ0v) is 15.9. The van der Waals surface area contributed by atoms with Gasteiger partial charge in [-0.3, -0.25) is 0 Å². The summed E-state index contributed by atoms with van der Waals surface area (Å²) >= 11 is 0. The Morgan fingerprint density at radius 2 is 2.00 bits per heavy atom. The maximum Gasteiger partial charge on any atom is 0.251 e. The molecule has 1 aromatic carbocycles. The molecule has 22 heavy (non-hydrogen) atoms. The van der Waals surface area contributed by atoms with Crippen LogP contribution in [0.4, 0.5) is 0 Å². The van der Waals surface area contributed by atoms with Gasteiger partial charge in [-0.1, -0.05) is 42.3 Å². The predicted molar refractivity (Wildman–Crippen MR) is 97.5 cm³/mol. The molecule has 2 aliphatic rings. The Morgan fingerprint density at radius 3 is 2.68 bits per heavy atom. The number of benzene rings is 1. The lowest BCUT2D eigenvalue weighted by Gasteiger charge is -2.37. The molecule has 0 amide bonds. The van der Waals surface area contributed by atoms with Crippen LogP contribution in [0.2, 0.25) is 12.1 Å². The molecule has 2 aliphatic heterocycles. The van der Waals surface area contributed by atoms with Crippen LogP contribution in [-0.2, 0) is 14.9 Å². The second-order valence-corrected chi connectivity index (χ2v) is 13.2. The zero-order chi connectivity index (χ0) is 15.4. The Hall–Kier alpha value is -0.686. The third-order valence-corrected chi connectivity index (χ3v) is 12.3. The summed E-state index contributed by atoms with van der Waals surface area (Å²) < 4.78 is 12.6. The Labute approximate surface area is 137 Å². The van der Waals surface area contributed by atoms with Gasteiger partial charge in [0.1, 0.15) is 0 Å². The molecule has 2 heterocycles. The van der Waals surface area contributed by atoms with E-state index in [4.69, 9.17) is 8.85 Å². The molecule has 120 valence electrons. The van der Waals surface area contributed by atoms with Gasteiger partial charge in [0.25, 0.3) is 8.32 Å². The highest BCUT2D eigenvalue weighted by Gasteiger charge is 2.41. The van der Waals surface area contributed by atoms with E-state index >= 15 is 0 Å². The molecule has 4 heteroatoms. The van der Waals surface area contributed by atoms with Crippen molar-refractivity contribution in [2.24, 2.45) is 0 Å². The molecule has 2 fully saturated rings. The van der Waals surface area contributed by atoms with Gasteiger partial charge in [0.05, 0.1) is 0 Å². The van der Waals surface area contributed by atoms with Crippen LogP contribution in [-0.4, -0.2) is 30.6 Å². The van der Waals surface area contributed by atoms with Crippen LogP contribution in [0.25, 0.3) is 0 Å². The maximum atomic E-state index is 6.46. The third kappa shape index (κ3) is 3.30. The monoisotopic (exact) mass is 332 g/mol. The average molecular weight is 333 g/mol. The smallest absolute Gasteiger partial charge is 0.251 e. The van der Waals surface area contributed by atoms with Crippen LogP contribution in [0.1, 0.15) is 38.2 Å². The Bertz CT molecular complexity index is 518. The molecule has 1 aromatic rings. The van der Waals surface area contributed by atoms with Crippen molar-refractivity contribution in [1.29, 1.82) is 0 Å². The van der Waals surface area contributed by atoms with Crippen LogP contribution in [0.5, 0.6) is 0 Å². The summed E-state index contributed by atoms with van der Waals surface area (Å²) in [4.78, 5) is 0. The predicted octanol–water partition coefficient (Wildman–Crippen LogP) is 3.38. The fourth-order valence-electron chi connectivity index (χ4n) is 3.88. The summed E-state index contributed by atoms with van der Waals surface area (Å²) in [7, 11) is -3.05. The van der Waals surface area contributed by atoms with Crippen LogP contribution in [0.3, 0.4) is 0 Å². The van der Waals surface area contributed by atoms with Gasteiger partial charge < -0.3 is 8.85 Å². The minimum Gasteiger partial charge on any atom is -0.420 e. The largest absolute Gasteiger partial charge is 0.420 e. The van der Waals surface area contributed by atoms with Crippen LogP contribution in [0.15, 0.2) is 36.0 Å². The molecule has 2 saturated heterocycles. The minimum absolute atomic E-state index is 0.908.